The minimum atomic E-state index is -0.458. The van der Waals surface area contributed by atoms with Crippen molar-refractivity contribution in [3.8, 4) is 11.5 Å². The van der Waals surface area contributed by atoms with Gasteiger partial charge in [-0.1, -0.05) is 13.8 Å². The van der Waals surface area contributed by atoms with Crippen molar-refractivity contribution in [2.75, 3.05) is 12.4 Å². The molecule has 0 aliphatic rings. The second kappa shape index (κ2) is 8.15. The van der Waals surface area contributed by atoms with Gasteiger partial charge in [-0.15, -0.1) is 0 Å². The van der Waals surface area contributed by atoms with Gasteiger partial charge in [0.1, 0.15) is 11.5 Å². The molecule has 0 heterocycles. The minimum absolute atomic E-state index is 0.0361. The highest BCUT2D eigenvalue weighted by molar-refractivity contribution is 5.94. The number of esters is 1. The molecule has 1 amide bonds. The fourth-order valence-corrected chi connectivity index (χ4v) is 1.95. The Balaban J connectivity index is 1.98. The largest absolute Gasteiger partial charge is 0.497 e. The predicted octanol–water partition coefficient (Wildman–Crippen LogP) is 3.90. The lowest BCUT2D eigenvalue weighted by atomic mass is 10.1. The number of hydrogen-bond acceptors (Lipinski definition) is 4. The molecule has 126 valence electrons. The van der Waals surface area contributed by atoms with Gasteiger partial charge in [0.15, 0.2) is 0 Å². The van der Waals surface area contributed by atoms with Crippen LogP contribution in [-0.2, 0) is 4.79 Å². The summed E-state index contributed by atoms with van der Waals surface area (Å²) in [6.07, 6.45) is 0.776. The Bertz CT molecular complexity index is 692. The molecule has 0 bridgehead atoms. The number of carbonyl (C=O) groups excluding carboxylic acids is 2. The number of amides is 1. The Morgan fingerprint density at radius 2 is 1.58 bits per heavy atom. The van der Waals surface area contributed by atoms with E-state index in [1.807, 2.05) is 13.8 Å². The summed E-state index contributed by atoms with van der Waals surface area (Å²) in [6.45, 7) is 3.83. The van der Waals surface area contributed by atoms with Crippen molar-refractivity contribution >= 4 is 17.6 Å². The van der Waals surface area contributed by atoms with Gasteiger partial charge in [-0.2, -0.15) is 0 Å². The van der Waals surface area contributed by atoms with Crippen molar-refractivity contribution < 1.29 is 19.1 Å². The summed E-state index contributed by atoms with van der Waals surface area (Å²) in [4.78, 5) is 24.0. The highest BCUT2D eigenvalue weighted by Gasteiger charge is 2.12. The number of benzene rings is 2. The van der Waals surface area contributed by atoms with Gasteiger partial charge in [-0.25, -0.2) is 4.79 Å². The lowest BCUT2D eigenvalue weighted by Gasteiger charge is -2.10. The van der Waals surface area contributed by atoms with Gasteiger partial charge in [-0.3, -0.25) is 4.79 Å². The van der Waals surface area contributed by atoms with Gasteiger partial charge >= 0.3 is 5.97 Å². The van der Waals surface area contributed by atoms with Crippen molar-refractivity contribution in [2.24, 2.45) is 5.92 Å². The van der Waals surface area contributed by atoms with Crippen molar-refractivity contribution in [3.63, 3.8) is 0 Å². The van der Waals surface area contributed by atoms with Gasteiger partial charge in [0.2, 0.25) is 5.91 Å². The Morgan fingerprint density at radius 1 is 1.00 bits per heavy atom. The fourth-order valence-electron chi connectivity index (χ4n) is 1.95. The van der Waals surface area contributed by atoms with Crippen LogP contribution in [0.2, 0.25) is 0 Å². The molecule has 5 nitrogen and oxygen atoms in total. The van der Waals surface area contributed by atoms with E-state index in [0.717, 1.165) is 6.42 Å². The van der Waals surface area contributed by atoms with Crippen LogP contribution in [0.15, 0.2) is 48.5 Å². The predicted molar refractivity (Wildman–Crippen MR) is 92.5 cm³/mol. The molecule has 24 heavy (non-hydrogen) atoms. The summed E-state index contributed by atoms with van der Waals surface area (Å²) in [5.41, 5.74) is 1.06. The molecule has 2 aromatic carbocycles. The molecule has 5 heteroatoms. The average molecular weight is 327 g/mol. The van der Waals surface area contributed by atoms with Crippen LogP contribution in [0.5, 0.6) is 11.5 Å². The van der Waals surface area contributed by atoms with Crippen molar-refractivity contribution in [2.45, 2.75) is 20.3 Å². The van der Waals surface area contributed by atoms with Crippen molar-refractivity contribution in [1.82, 2.24) is 0 Å². The summed E-state index contributed by atoms with van der Waals surface area (Å²) in [5, 5.41) is 2.82. The molecule has 1 atom stereocenters. The summed E-state index contributed by atoms with van der Waals surface area (Å²) >= 11 is 0. The summed E-state index contributed by atoms with van der Waals surface area (Å²) in [7, 11) is 1.57. The molecule has 0 aliphatic heterocycles. The second-order valence-electron chi connectivity index (χ2n) is 5.44. The third-order valence-corrected chi connectivity index (χ3v) is 3.72. The first-order chi connectivity index (χ1) is 11.5. The van der Waals surface area contributed by atoms with Crippen molar-refractivity contribution in [3.05, 3.63) is 54.1 Å². The number of ether oxygens (including phenoxy) is 2. The SMILES string of the molecule is CCC(C)C(=O)Nc1ccc(C(=O)Oc2ccc(OC)cc2)cc1. The van der Waals surface area contributed by atoms with Crippen LogP contribution in [0.4, 0.5) is 5.69 Å². The molecule has 0 radical (unpaired) electrons. The van der Waals surface area contributed by atoms with Gasteiger partial charge < -0.3 is 14.8 Å². The molecule has 0 spiro atoms. The molecule has 0 aromatic heterocycles. The molecular formula is C19H21NO4. The lowest BCUT2D eigenvalue weighted by molar-refractivity contribution is -0.119. The van der Waals surface area contributed by atoms with Gasteiger partial charge in [0, 0.05) is 11.6 Å². The van der Waals surface area contributed by atoms with Crippen LogP contribution in [0, 0.1) is 5.92 Å². The van der Waals surface area contributed by atoms with Crippen molar-refractivity contribution in [1.29, 1.82) is 0 Å². The van der Waals surface area contributed by atoms with E-state index in [-0.39, 0.29) is 11.8 Å². The van der Waals surface area contributed by atoms with Crippen LogP contribution in [0.25, 0.3) is 0 Å². The number of rotatable bonds is 6. The molecule has 0 saturated carbocycles. The zero-order chi connectivity index (χ0) is 17.5. The summed E-state index contributed by atoms with van der Waals surface area (Å²) in [5.74, 6) is 0.585. The van der Waals surface area contributed by atoms with Crippen LogP contribution in [-0.4, -0.2) is 19.0 Å². The standard InChI is InChI=1S/C19H21NO4/c1-4-13(2)18(21)20-15-7-5-14(6-8-15)19(22)24-17-11-9-16(23-3)10-12-17/h5-13H,4H2,1-3H3,(H,20,21). The molecular weight excluding hydrogens is 306 g/mol. The van der Waals surface area contributed by atoms with Crippen LogP contribution >= 0.6 is 0 Å². The molecule has 2 rings (SSSR count). The van der Waals surface area contributed by atoms with E-state index in [1.165, 1.54) is 0 Å². The molecule has 0 fully saturated rings. The number of methoxy groups -OCH3 is 1. The topological polar surface area (TPSA) is 64.6 Å². The van der Waals surface area contributed by atoms with Crippen LogP contribution in [0.3, 0.4) is 0 Å². The quantitative estimate of drug-likeness (QED) is 0.645. The van der Waals surface area contributed by atoms with Gasteiger partial charge in [0.05, 0.1) is 12.7 Å². The summed E-state index contributed by atoms with van der Waals surface area (Å²) in [6, 6.07) is 13.4. The van der Waals surface area contributed by atoms with E-state index in [1.54, 1.807) is 55.6 Å². The zero-order valence-electron chi connectivity index (χ0n) is 14.0. The maximum Gasteiger partial charge on any atom is 0.343 e. The van der Waals surface area contributed by atoms with E-state index in [2.05, 4.69) is 5.32 Å². The number of nitrogens with one attached hydrogen (secondary N) is 1. The average Bonchev–Trinajstić information content (AvgIpc) is 2.62. The number of carbonyl (C=O) groups is 2. The maximum atomic E-state index is 12.1. The Morgan fingerprint density at radius 3 is 2.12 bits per heavy atom. The van der Waals surface area contributed by atoms with Gasteiger partial charge in [0.25, 0.3) is 0 Å². The Hall–Kier alpha value is -2.82. The second-order valence-corrected chi connectivity index (χ2v) is 5.44. The minimum Gasteiger partial charge on any atom is -0.497 e. The molecule has 1 N–H and O–H groups in total. The Kier molecular flexibility index (Phi) is 5.95. The highest BCUT2D eigenvalue weighted by Crippen LogP contribution is 2.19. The molecule has 2 aromatic rings. The van der Waals surface area contributed by atoms with E-state index in [9.17, 15) is 9.59 Å². The normalized spacial score (nSPS) is 11.5. The van der Waals surface area contributed by atoms with E-state index >= 15 is 0 Å². The first-order valence-corrected chi connectivity index (χ1v) is 7.80. The van der Waals surface area contributed by atoms with Crippen LogP contribution in [0.1, 0.15) is 30.6 Å². The first kappa shape index (κ1) is 17.5. The first-order valence-electron chi connectivity index (χ1n) is 7.80. The maximum absolute atomic E-state index is 12.1. The highest BCUT2D eigenvalue weighted by atomic mass is 16.5. The van der Waals surface area contributed by atoms with E-state index in [4.69, 9.17) is 9.47 Å². The number of hydrogen-bond donors (Lipinski definition) is 1. The molecule has 0 aliphatic carbocycles. The number of anilines is 1. The van der Waals surface area contributed by atoms with E-state index < -0.39 is 5.97 Å². The van der Waals surface area contributed by atoms with E-state index in [0.29, 0.717) is 22.7 Å². The third-order valence-electron chi connectivity index (χ3n) is 3.72. The zero-order valence-corrected chi connectivity index (χ0v) is 14.0. The van der Waals surface area contributed by atoms with Gasteiger partial charge in [-0.05, 0) is 55.0 Å². The smallest absolute Gasteiger partial charge is 0.343 e. The van der Waals surface area contributed by atoms with Crippen LogP contribution < -0.4 is 14.8 Å². The molecule has 1 unspecified atom stereocenters. The fraction of sp³-hybridized carbons (Fsp3) is 0.263. The molecule has 0 saturated heterocycles. The Labute approximate surface area is 141 Å². The monoisotopic (exact) mass is 327 g/mol. The summed E-state index contributed by atoms with van der Waals surface area (Å²) < 4.78 is 10.3. The third kappa shape index (κ3) is 4.59. The lowest BCUT2D eigenvalue weighted by Crippen LogP contribution is -2.19.